The van der Waals surface area contributed by atoms with E-state index in [0.29, 0.717) is 29.6 Å². The first-order chi connectivity index (χ1) is 14.5. The van der Waals surface area contributed by atoms with Crippen LogP contribution in [0.2, 0.25) is 0 Å². The Morgan fingerprint density at radius 1 is 1.19 bits per heavy atom. The number of morpholine rings is 1. The summed E-state index contributed by atoms with van der Waals surface area (Å²) in [5, 5.41) is 11.6. The van der Waals surface area contributed by atoms with Gasteiger partial charge in [0.25, 0.3) is 5.69 Å². The number of hydrogen-bond donors (Lipinski definition) is 0. The van der Waals surface area contributed by atoms with Gasteiger partial charge in [0, 0.05) is 37.8 Å². The second kappa shape index (κ2) is 9.42. The summed E-state index contributed by atoms with van der Waals surface area (Å²) in [6.45, 7) is 11.7. The van der Waals surface area contributed by atoms with Gasteiger partial charge in [0.15, 0.2) is 0 Å². The summed E-state index contributed by atoms with van der Waals surface area (Å²) in [7, 11) is -3.82. The number of sulfonamides is 1. The first-order valence-electron chi connectivity index (χ1n) is 11.2. The molecular formula is C22H35N3O5S. The van der Waals surface area contributed by atoms with Gasteiger partial charge in [0.2, 0.25) is 10.0 Å². The van der Waals surface area contributed by atoms with E-state index < -0.39 is 14.9 Å². The van der Waals surface area contributed by atoms with Crippen LogP contribution in [-0.2, 0) is 14.8 Å². The van der Waals surface area contributed by atoms with Gasteiger partial charge in [-0.2, -0.15) is 4.31 Å². The quantitative estimate of drug-likeness (QED) is 0.478. The van der Waals surface area contributed by atoms with Crippen molar-refractivity contribution in [3.8, 4) is 0 Å². The van der Waals surface area contributed by atoms with Gasteiger partial charge in [-0.1, -0.05) is 13.8 Å². The van der Waals surface area contributed by atoms with Crippen LogP contribution < -0.4 is 4.90 Å². The largest absolute Gasteiger partial charge is 0.373 e. The molecule has 2 fully saturated rings. The Morgan fingerprint density at radius 3 is 2.42 bits per heavy atom. The molecule has 0 radical (unpaired) electrons. The van der Waals surface area contributed by atoms with E-state index in [1.807, 2.05) is 18.7 Å². The Balaban J connectivity index is 2.05. The maximum Gasteiger partial charge on any atom is 0.274 e. The molecule has 0 bridgehead atoms. The van der Waals surface area contributed by atoms with Gasteiger partial charge < -0.3 is 9.64 Å². The fourth-order valence-electron chi connectivity index (χ4n) is 4.92. The molecule has 3 rings (SSSR count). The summed E-state index contributed by atoms with van der Waals surface area (Å²) in [4.78, 5) is 13.4. The lowest BCUT2D eigenvalue weighted by molar-refractivity contribution is -0.385. The summed E-state index contributed by atoms with van der Waals surface area (Å²) in [6.07, 6.45) is 2.70. The second-order valence-electron chi connectivity index (χ2n) is 9.53. The molecule has 0 spiro atoms. The number of anilines is 1. The Morgan fingerprint density at radius 2 is 1.84 bits per heavy atom. The number of aryl methyl sites for hydroxylation is 1. The lowest BCUT2D eigenvalue weighted by Crippen LogP contribution is -2.48. The molecular weight excluding hydrogens is 418 g/mol. The maximum atomic E-state index is 13.7. The zero-order valence-electron chi connectivity index (χ0n) is 19.2. The van der Waals surface area contributed by atoms with Crippen LogP contribution in [0.5, 0.6) is 0 Å². The van der Waals surface area contributed by atoms with E-state index in [0.717, 1.165) is 25.8 Å². The van der Waals surface area contributed by atoms with Crippen molar-refractivity contribution in [2.75, 3.05) is 31.1 Å². The first kappa shape index (κ1) is 23.9. The summed E-state index contributed by atoms with van der Waals surface area (Å²) in [5.41, 5.74) is 0.777. The first-order valence-corrected chi connectivity index (χ1v) is 12.6. The topological polar surface area (TPSA) is 93.0 Å². The SMILES string of the molecule is Cc1cc(S(=O)(=O)N2C[C@@H](C)O[C@H](C)C2)c(N2CCCC(CC(C)C)C2)cc1[N+](=O)[O-]. The highest BCUT2D eigenvalue weighted by Crippen LogP contribution is 2.37. The molecule has 3 atom stereocenters. The number of rotatable bonds is 6. The molecule has 0 aromatic heterocycles. The minimum atomic E-state index is -3.82. The Kier molecular flexibility index (Phi) is 7.28. The van der Waals surface area contributed by atoms with E-state index in [-0.39, 0.29) is 35.9 Å². The van der Waals surface area contributed by atoms with E-state index in [1.54, 1.807) is 6.92 Å². The lowest BCUT2D eigenvalue weighted by atomic mass is 9.89. The molecule has 174 valence electrons. The van der Waals surface area contributed by atoms with Crippen LogP contribution in [0.1, 0.15) is 52.5 Å². The highest BCUT2D eigenvalue weighted by atomic mass is 32.2. The molecule has 2 aliphatic rings. The highest BCUT2D eigenvalue weighted by Gasteiger charge is 2.36. The molecule has 1 unspecified atom stereocenters. The molecule has 2 aliphatic heterocycles. The van der Waals surface area contributed by atoms with Crippen molar-refractivity contribution in [2.45, 2.75) is 71.0 Å². The molecule has 0 saturated carbocycles. The van der Waals surface area contributed by atoms with Crippen LogP contribution in [0.3, 0.4) is 0 Å². The normalized spacial score (nSPS) is 25.7. The smallest absolute Gasteiger partial charge is 0.274 e. The second-order valence-corrected chi connectivity index (χ2v) is 11.4. The highest BCUT2D eigenvalue weighted by molar-refractivity contribution is 7.89. The molecule has 0 amide bonds. The van der Waals surface area contributed by atoms with Gasteiger partial charge in [-0.05, 0) is 57.9 Å². The van der Waals surface area contributed by atoms with Crippen LogP contribution in [0, 0.1) is 28.9 Å². The summed E-state index contributed by atoms with van der Waals surface area (Å²) in [5.74, 6) is 1.00. The van der Waals surface area contributed by atoms with Gasteiger partial charge in [-0.25, -0.2) is 8.42 Å². The summed E-state index contributed by atoms with van der Waals surface area (Å²) >= 11 is 0. The standard InChI is InChI=1S/C22H35N3O5S/c1-15(2)9-19-7-6-8-23(14-19)21-11-20(25(26)27)16(3)10-22(21)31(28,29)24-12-17(4)30-18(5)13-24/h10-11,15,17-19H,6-9,12-14H2,1-5H3/t17-,18-,19?/m1/s1. The average molecular weight is 454 g/mol. The zero-order chi connectivity index (χ0) is 22.9. The molecule has 2 saturated heterocycles. The third kappa shape index (κ3) is 5.38. The number of hydrogen-bond acceptors (Lipinski definition) is 6. The molecule has 8 nitrogen and oxygen atoms in total. The van der Waals surface area contributed by atoms with Gasteiger partial charge in [0.05, 0.1) is 22.8 Å². The minimum absolute atomic E-state index is 0.0383. The molecule has 2 heterocycles. The van der Waals surface area contributed by atoms with E-state index in [1.165, 1.54) is 16.4 Å². The molecule has 9 heteroatoms. The fourth-order valence-corrected chi connectivity index (χ4v) is 6.79. The number of nitrogens with zero attached hydrogens (tertiary/aromatic N) is 3. The van der Waals surface area contributed by atoms with Crippen LogP contribution in [0.4, 0.5) is 11.4 Å². The number of nitro benzene ring substituents is 1. The molecule has 1 aromatic carbocycles. The maximum absolute atomic E-state index is 13.7. The Labute approximate surface area is 185 Å². The van der Waals surface area contributed by atoms with Gasteiger partial charge in [-0.3, -0.25) is 10.1 Å². The third-order valence-corrected chi connectivity index (χ3v) is 8.00. The molecule has 31 heavy (non-hydrogen) atoms. The van der Waals surface area contributed by atoms with Crippen molar-refractivity contribution in [3.05, 3.63) is 27.8 Å². The van der Waals surface area contributed by atoms with E-state index >= 15 is 0 Å². The monoisotopic (exact) mass is 453 g/mol. The van der Waals surface area contributed by atoms with E-state index in [2.05, 4.69) is 13.8 Å². The molecule has 0 aliphatic carbocycles. The zero-order valence-corrected chi connectivity index (χ0v) is 20.0. The molecule has 0 N–H and O–H groups in total. The van der Waals surface area contributed by atoms with E-state index in [9.17, 15) is 18.5 Å². The summed E-state index contributed by atoms with van der Waals surface area (Å²) < 4.78 is 34.6. The Hall–Kier alpha value is -1.71. The predicted molar refractivity (Wildman–Crippen MR) is 121 cm³/mol. The van der Waals surface area contributed by atoms with Crippen molar-refractivity contribution in [2.24, 2.45) is 11.8 Å². The summed E-state index contributed by atoms with van der Waals surface area (Å²) in [6, 6.07) is 2.95. The van der Waals surface area contributed by atoms with Crippen molar-refractivity contribution < 1.29 is 18.1 Å². The van der Waals surface area contributed by atoms with Crippen molar-refractivity contribution in [1.82, 2.24) is 4.31 Å². The van der Waals surface area contributed by atoms with Gasteiger partial charge in [0.1, 0.15) is 4.90 Å². The van der Waals surface area contributed by atoms with Crippen LogP contribution in [-0.4, -0.2) is 56.0 Å². The van der Waals surface area contributed by atoms with Crippen LogP contribution >= 0.6 is 0 Å². The minimum Gasteiger partial charge on any atom is -0.373 e. The lowest BCUT2D eigenvalue weighted by Gasteiger charge is -2.38. The van der Waals surface area contributed by atoms with Crippen molar-refractivity contribution in [1.29, 1.82) is 0 Å². The van der Waals surface area contributed by atoms with Gasteiger partial charge >= 0.3 is 0 Å². The van der Waals surface area contributed by atoms with Crippen LogP contribution in [0.15, 0.2) is 17.0 Å². The van der Waals surface area contributed by atoms with E-state index in [4.69, 9.17) is 4.74 Å². The van der Waals surface area contributed by atoms with Gasteiger partial charge in [-0.15, -0.1) is 0 Å². The predicted octanol–water partition coefficient (Wildman–Crippen LogP) is 3.96. The number of benzene rings is 1. The van der Waals surface area contributed by atoms with Crippen LogP contribution in [0.25, 0.3) is 0 Å². The van der Waals surface area contributed by atoms with Crippen molar-refractivity contribution >= 4 is 21.4 Å². The Bertz CT molecular complexity index is 908. The fraction of sp³-hybridized carbons (Fsp3) is 0.727. The number of ether oxygens (including phenoxy) is 1. The third-order valence-electron chi connectivity index (χ3n) is 6.14. The average Bonchev–Trinajstić information content (AvgIpc) is 2.66. The number of piperidine rings is 1. The molecule has 1 aromatic rings. The van der Waals surface area contributed by atoms with Crippen molar-refractivity contribution in [3.63, 3.8) is 0 Å². The number of nitro groups is 1.